The van der Waals surface area contributed by atoms with Crippen molar-refractivity contribution in [3.8, 4) is 5.75 Å². The fourth-order valence-corrected chi connectivity index (χ4v) is 0.987. The van der Waals surface area contributed by atoms with Gasteiger partial charge in [-0.1, -0.05) is 18.2 Å². The Morgan fingerprint density at radius 3 is 2.57 bits per heavy atom. The first kappa shape index (κ1) is 10.5. The molecule has 14 heavy (non-hydrogen) atoms. The Kier molecular flexibility index (Phi) is 3.94. The van der Waals surface area contributed by atoms with E-state index in [2.05, 4.69) is 4.74 Å². The van der Waals surface area contributed by atoms with E-state index < -0.39 is 12.1 Å². The fraction of sp³-hybridized carbons (Fsp3) is 0.300. The second kappa shape index (κ2) is 5.24. The summed E-state index contributed by atoms with van der Waals surface area (Å²) in [6, 6.07) is 9.01. The van der Waals surface area contributed by atoms with E-state index in [1.165, 1.54) is 7.11 Å². The average Bonchev–Trinajstić information content (AvgIpc) is 2.26. The molecule has 76 valence electrons. The SMILES string of the molecule is COC(=O)[C@H](CN)Oc1ccccc1. The van der Waals surface area contributed by atoms with Crippen LogP contribution in [0.1, 0.15) is 0 Å². The molecule has 0 saturated carbocycles. The third-order valence-corrected chi connectivity index (χ3v) is 1.70. The summed E-state index contributed by atoms with van der Waals surface area (Å²) >= 11 is 0. The molecule has 0 spiro atoms. The van der Waals surface area contributed by atoms with Crippen LogP contribution in [0.3, 0.4) is 0 Å². The van der Waals surface area contributed by atoms with Crippen molar-refractivity contribution in [1.82, 2.24) is 0 Å². The zero-order valence-corrected chi connectivity index (χ0v) is 7.97. The van der Waals surface area contributed by atoms with E-state index >= 15 is 0 Å². The van der Waals surface area contributed by atoms with Gasteiger partial charge in [-0.05, 0) is 12.1 Å². The fourth-order valence-electron chi connectivity index (χ4n) is 0.987. The maximum atomic E-state index is 11.1. The zero-order chi connectivity index (χ0) is 10.4. The molecule has 0 aromatic heterocycles. The average molecular weight is 195 g/mol. The number of ether oxygens (including phenoxy) is 2. The van der Waals surface area contributed by atoms with Crippen molar-refractivity contribution in [2.45, 2.75) is 6.10 Å². The van der Waals surface area contributed by atoms with Crippen LogP contribution in [-0.2, 0) is 9.53 Å². The van der Waals surface area contributed by atoms with E-state index in [4.69, 9.17) is 10.5 Å². The van der Waals surface area contributed by atoms with Gasteiger partial charge in [0.15, 0.2) is 0 Å². The summed E-state index contributed by atoms with van der Waals surface area (Å²) in [5.41, 5.74) is 5.37. The number of nitrogens with two attached hydrogens (primary N) is 1. The third kappa shape index (κ3) is 2.74. The monoisotopic (exact) mass is 195 g/mol. The van der Waals surface area contributed by atoms with Crippen molar-refractivity contribution in [3.05, 3.63) is 30.3 Å². The molecule has 0 aliphatic rings. The highest BCUT2D eigenvalue weighted by molar-refractivity contribution is 5.75. The largest absolute Gasteiger partial charge is 0.477 e. The lowest BCUT2D eigenvalue weighted by molar-refractivity contribution is -0.148. The molecule has 1 aromatic rings. The first-order valence-corrected chi connectivity index (χ1v) is 4.27. The molecule has 4 nitrogen and oxygen atoms in total. The Hall–Kier alpha value is -1.55. The first-order chi connectivity index (χ1) is 6.77. The number of benzene rings is 1. The van der Waals surface area contributed by atoms with Crippen LogP contribution in [0.25, 0.3) is 0 Å². The van der Waals surface area contributed by atoms with Crippen molar-refractivity contribution in [2.75, 3.05) is 13.7 Å². The lowest BCUT2D eigenvalue weighted by Crippen LogP contribution is -2.35. The van der Waals surface area contributed by atoms with Gasteiger partial charge >= 0.3 is 5.97 Å². The smallest absolute Gasteiger partial charge is 0.348 e. The zero-order valence-electron chi connectivity index (χ0n) is 7.97. The van der Waals surface area contributed by atoms with Crippen LogP contribution in [0.5, 0.6) is 5.75 Å². The molecular weight excluding hydrogens is 182 g/mol. The van der Waals surface area contributed by atoms with Gasteiger partial charge in [-0.2, -0.15) is 0 Å². The molecule has 1 atom stereocenters. The summed E-state index contributed by atoms with van der Waals surface area (Å²) < 4.78 is 9.85. The van der Waals surface area contributed by atoms with Gasteiger partial charge in [0.1, 0.15) is 5.75 Å². The summed E-state index contributed by atoms with van der Waals surface area (Å²) in [6.45, 7) is 0.0988. The van der Waals surface area contributed by atoms with Crippen molar-refractivity contribution in [2.24, 2.45) is 5.73 Å². The Labute approximate surface area is 82.6 Å². The topological polar surface area (TPSA) is 61.5 Å². The van der Waals surface area contributed by atoms with Crippen LogP contribution in [0, 0.1) is 0 Å². The highest BCUT2D eigenvalue weighted by atomic mass is 16.6. The summed E-state index contributed by atoms with van der Waals surface area (Å²) in [7, 11) is 1.30. The van der Waals surface area contributed by atoms with Crippen LogP contribution >= 0.6 is 0 Å². The summed E-state index contributed by atoms with van der Waals surface area (Å²) in [5, 5.41) is 0. The van der Waals surface area contributed by atoms with Gasteiger partial charge in [0.2, 0.25) is 6.10 Å². The summed E-state index contributed by atoms with van der Waals surface area (Å²) in [6.07, 6.45) is -0.734. The Bertz CT molecular complexity index is 287. The minimum absolute atomic E-state index is 0.0988. The van der Waals surface area contributed by atoms with Gasteiger partial charge in [-0.25, -0.2) is 4.79 Å². The Balaban J connectivity index is 2.62. The van der Waals surface area contributed by atoms with Crippen molar-refractivity contribution in [1.29, 1.82) is 0 Å². The molecular formula is C10H13NO3. The van der Waals surface area contributed by atoms with Crippen LogP contribution in [0.2, 0.25) is 0 Å². The molecule has 0 unspecified atom stereocenters. The van der Waals surface area contributed by atoms with Gasteiger partial charge in [-0.3, -0.25) is 0 Å². The molecule has 0 aliphatic carbocycles. The van der Waals surface area contributed by atoms with E-state index in [1.54, 1.807) is 12.1 Å². The third-order valence-electron chi connectivity index (χ3n) is 1.70. The van der Waals surface area contributed by atoms with Crippen LogP contribution in [-0.4, -0.2) is 25.7 Å². The number of hydrogen-bond acceptors (Lipinski definition) is 4. The van der Waals surface area contributed by atoms with Crippen molar-refractivity contribution in [3.63, 3.8) is 0 Å². The van der Waals surface area contributed by atoms with Crippen LogP contribution in [0.15, 0.2) is 30.3 Å². The molecule has 4 heteroatoms. The van der Waals surface area contributed by atoms with E-state index in [9.17, 15) is 4.79 Å². The molecule has 1 rings (SSSR count). The highest BCUT2D eigenvalue weighted by Crippen LogP contribution is 2.10. The van der Waals surface area contributed by atoms with E-state index in [1.807, 2.05) is 18.2 Å². The number of hydrogen-bond donors (Lipinski definition) is 1. The van der Waals surface area contributed by atoms with Crippen molar-refractivity contribution < 1.29 is 14.3 Å². The second-order valence-electron chi connectivity index (χ2n) is 2.68. The lowest BCUT2D eigenvalue weighted by atomic mass is 10.3. The Morgan fingerprint density at radius 2 is 2.07 bits per heavy atom. The van der Waals surface area contributed by atoms with Gasteiger partial charge < -0.3 is 15.2 Å². The van der Waals surface area contributed by atoms with E-state index in [0.29, 0.717) is 5.75 Å². The quantitative estimate of drug-likeness (QED) is 0.713. The van der Waals surface area contributed by atoms with E-state index in [0.717, 1.165) is 0 Å². The van der Waals surface area contributed by atoms with Crippen LogP contribution < -0.4 is 10.5 Å². The van der Waals surface area contributed by atoms with Gasteiger partial charge in [0.25, 0.3) is 0 Å². The van der Waals surface area contributed by atoms with Crippen molar-refractivity contribution >= 4 is 5.97 Å². The first-order valence-electron chi connectivity index (χ1n) is 4.27. The molecule has 0 amide bonds. The van der Waals surface area contributed by atoms with Crippen LogP contribution in [0.4, 0.5) is 0 Å². The molecule has 0 aliphatic heterocycles. The molecule has 0 heterocycles. The predicted molar refractivity (Wildman–Crippen MR) is 51.9 cm³/mol. The number of carbonyl (C=O) groups is 1. The maximum absolute atomic E-state index is 11.1. The number of para-hydroxylation sites is 1. The summed E-state index contributed by atoms with van der Waals surface area (Å²) in [5.74, 6) is 0.143. The number of methoxy groups -OCH3 is 1. The molecule has 2 N–H and O–H groups in total. The van der Waals surface area contributed by atoms with Gasteiger partial charge in [0.05, 0.1) is 7.11 Å². The summed E-state index contributed by atoms with van der Waals surface area (Å²) in [4.78, 5) is 11.1. The minimum atomic E-state index is -0.734. The van der Waals surface area contributed by atoms with E-state index in [-0.39, 0.29) is 6.54 Å². The van der Waals surface area contributed by atoms with Gasteiger partial charge in [0, 0.05) is 6.54 Å². The van der Waals surface area contributed by atoms with Gasteiger partial charge in [-0.15, -0.1) is 0 Å². The standard InChI is InChI=1S/C10H13NO3/c1-13-10(12)9(7-11)14-8-5-3-2-4-6-8/h2-6,9H,7,11H2,1H3/t9-/m0/s1. The molecule has 0 bridgehead atoms. The molecule has 0 radical (unpaired) electrons. The normalized spacial score (nSPS) is 11.9. The molecule has 0 saturated heterocycles. The lowest BCUT2D eigenvalue weighted by Gasteiger charge is -2.14. The minimum Gasteiger partial charge on any atom is -0.477 e. The second-order valence-corrected chi connectivity index (χ2v) is 2.68. The number of rotatable bonds is 4. The Morgan fingerprint density at radius 1 is 1.43 bits per heavy atom. The number of esters is 1. The molecule has 1 aromatic carbocycles. The predicted octanol–water partition coefficient (Wildman–Crippen LogP) is 0.566. The molecule has 0 fully saturated rings. The highest BCUT2D eigenvalue weighted by Gasteiger charge is 2.18. The number of carbonyl (C=O) groups excluding carboxylic acids is 1. The maximum Gasteiger partial charge on any atom is 0.348 e.